The molecule has 4 nitrogen and oxygen atoms in total. The van der Waals surface area contributed by atoms with E-state index >= 15 is 4.39 Å². The third-order valence-electron chi connectivity index (χ3n) is 9.23. The van der Waals surface area contributed by atoms with Crippen molar-refractivity contribution in [3.63, 3.8) is 0 Å². The number of benzene rings is 2. The Hall–Kier alpha value is -2.60. The van der Waals surface area contributed by atoms with Crippen molar-refractivity contribution in [3.05, 3.63) is 59.2 Å². The summed E-state index contributed by atoms with van der Waals surface area (Å²) < 4.78 is 130. The smallest absolute Gasteiger partial charge is 0.449 e. The average Bonchev–Trinajstić information content (AvgIpc) is 2.98. The van der Waals surface area contributed by atoms with Crippen molar-refractivity contribution >= 4 is 0 Å². The fraction of sp³-hybridized carbons (Fsp3) is 0.625. The Kier molecular flexibility index (Phi) is 9.99. The summed E-state index contributed by atoms with van der Waals surface area (Å²) in [5.41, 5.74) is 0.990. The van der Waals surface area contributed by atoms with Crippen molar-refractivity contribution in [2.45, 2.75) is 89.1 Å². The van der Waals surface area contributed by atoms with Crippen molar-refractivity contribution in [3.8, 4) is 11.5 Å². The lowest BCUT2D eigenvalue weighted by Gasteiger charge is -2.37. The minimum atomic E-state index is -5.38. The molecule has 1 saturated heterocycles. The Morgan fingerprint density at radius 2 is 1.43 bits per heavy atom. The standard InChI is InChI=1S/C32H36F8O4/c1-18-2-4-19(5-3-18)22-16-41-29(42-17-22)21-8-12-25(26(33)14-21)20-6-9-23(10-7-20)32(39,40)44-24-11-13-28(27(34)15-24)43-30(35)31(36,37)38/h8,11-15,18-20,22-23,29-30H,2-7,9-10,16-17H2,1H3. The minimum absolute atomic E-state index is 0.00612. The second-order valence-corrected chi connectivity index (χ2v) is 12.3. The Morgan fingerprint density at radius 1 is 0.773 bits per heavy atom. The van der Waals surface area contributed by atoms with Gasteiger partial charge >= 0.3 is 18.6 Å². The largest absolute Gasteiger partial charge is 0.457 e. The molecule has 244 valence electrons. The third kappa shape index (κ3) is 7.78. The van der Waals surface area contributed by atoms with Crippen molar-refractivity contribution in [1.29, 1.82) is 0 Å². The van der Waals surface area contributed by atoms with Crippen LogP contribution in [-0.4, -0.2) is 31.9 Å². The molecule has 5 rings (SSSR count). The van der Waals surface area contributed by atoms with Crippen LogP contribution >= 0.6 is 0 Å². The van der Waals surface area contributed by atoms with Crippen molar-refractivity contribution in [1.82, 2.24) is 0 Å². The maximum absolute atomic E-state index is 15.2. The van der Waals surface area contributed by atoms with Gasteiger partial charge in [0.05, 0.1) is 19.1 Å². The Morgan fingerprint density at radius 3 is 2.02 bits per heavy atom. The van der Waals surface area contributed by atoms with Crippen LogP contribution in [-0.2, 0) is 9.47 Å². The summed E-state index contributed by atoms with van der Waals surface area (Å²) in [7, 11) is 0. The molecule has 0 amide bonds. The zero-order valence-electron chi connectivity index (χ0n) is 24.2. The molecular weight excluding hydrogens is 600 g/mol. The lowest BCUT2D eigenvalue weighted by molar-refractivity contribution is -0.237. The van der Waals surface area contributed by atoms with E-state index < -0.39 is 54.0 Å². The van der Waals surface area contributed by atoms with Crippen LogP contribution in [0.15, 0.2) is 36.4 Å². The van der Waals surface area contributed by atoms with E-state index in [4.69, 9.17) is 14.2 Å². The number of ether oxygens (including phenoxy) is 4. The normalized spacial score (nSPS) is 29.2. The van der Waals surface area contributed by atoms with Gasteiger partial charge in [0, 0.05) is 17.5 Å². The van der Waals surface area contributed by atoms with Crippen LogP contribution in [0.1, 0.15) is 81.6 Å². The molecule has 2 aromatic rings. The predicted molar refractivity (Wildman–Crippen MR) is 144 cm³/mol. The van der Waals surface area contributed by atoms with E-state index in [0.717, 1.165) is 12.0 Å². The molecule has 1 atom stereocenters. The van der Waals surface area contributed by atoms with E-state index in [2.05, 4.69) is 11.7 Å². The van der Waals surface area contributed by atoms with Crippen LogP contribution in [0.2, 0.25) is 0 Å². The van der Waals surface area contributed by atoms with Crippen LogP contribution in [0, 0.1) is 35.3 Å². The SMILES string of the molecule is CC1CCC(C2COC(c3ccc(C4CCC(C(F)(F)Oc5ccc(OC(F)C(F)(F)F)c(F)c5)CC4)c(F)c3)OC2)CC1. The van der Waals surface area contributed by atoms with E-state index in [-0.39, 0.29) is 31.6 Å². The Balaban J connectivity index is 1.12. The molecule has 3 fully saturated rings. The Labute approximate surface area is 251 Å². The van der Waals surface area contributed by atoms with Crippen LogP contribution in [0.4, 0.5) is 35.1 Å². The molecule has 1 unspecified atom stereocenters. The first-order chi connectivity index (χ1) is 20.8. The molecule has 2 aliphatic carbocycles. The molecule has 0 spiro atoms. The summed E-state index contributed by atoms with van der Waals surface area (Å²) in [6, 6.07) is 6.55. The van der Waals surface area contributed by atoms with Crippen LogP contribution in [0.3, 0.4) is 0 Å². The quantitative estimate of drug-likeness (QED) is 0.271. The second-order valence-electron chi connectivity index (χ2n) is 12.3. The second kappa shape index (κ2) is 13.4. The van der Waals surface area contributed by atoms with Crippen molar-refractivity contribution in [2.75, 3.05) is 13.2 Å². The fourth-order valence-corrected chi connectivity index (χ4v) is 6.56. The minimum Gasteiger partial charge on any atom is -0.449 e. The summed E-state index contributed by atoms with van der Waals surface area (Å²) >= 11 is 0. The summed E-state index contributed by atoms with van der Waals surface area (Å²) in [6.45, 7) is 3.40. The molecule has 0 bridgehead atoms. The van der Waals surface area contributed by atoms with Crippen molar-refractivity contribution in [2.24, 2.45) is 23.7 Å². The van der Waals surface area contributed by atoms with Gasteiger partial charge < -0.3 is 18.9 Å². The number of hydrogen-bond acceptors (Lipinski definition) is 4. The zero-order chi connectivity index (χ0) is 31.6. The van der Waals surface area contributed by atoms with E-state index in [1.54, 1.807) is 12.1 Å². The van der Waals surface area contributed by atoms with Gasteiger partial charge in [0.1, 0.15) is 11.6 Å². The number of hydrogen-bond donors (Lipinski definition) is 0. The van der Waals surface area contributed by atoms with Gasteiger partial charge in [-0.25, -0.2) is 8.78 Å². The summed E-state index contributed by atoms with van der Waals surface area (Å²) in [5, 5.41) is 0. The van der Waals surface area contributed by atoms with Gasteiger partial charge in [0.2, 0.25) is 0 Å². The maximum Gasteiger partial charge on any atom is 0.457 e. The molecular formula is C32H36F8O4. The topological polar surface area (TPSA) is 36.9 Å². The molecule has 12 heteroatoms. The molecule has 0 N–H and O–H groups in total. The first kappa shape index (κ1) is 32.8. The van der Waals surface area contributed by atoms with Gasteiger partial charge in [-0.15, -0.1) is 0 Å². The predicted octanol–water partition coefficient (Wildman–Crippen LogP) is 9.63. The maximum atomic E-state index is 15.2. The summed E-state index contributed by atoms with van der Waals surface area (Å²) in [5.74, 6) is -3.58. The lowest BCUT2D eigenvalue weighted by Crippen LogP contribution is -2.37. The van der Waals surface area contributed by atoms with Gasteiger partial charge in [0.15, 0.2) is 17.9 Å². The number of halogens is 8. The van der Waals surface area contributed by atoms with Crippen LogP contribution in [0.5, 0.6) is 11.5 Å². The summed E-state index contributed by atoms with van der Waals surface area (Å²) in [6.07, 6.45) is -8.27. The molecule has 1 heterocycles. The van der Waals surface area contributed by atoms with E-state index in [1.165, 1.54) is 31.7 Å². The monoisotopic (exact) mass is 636 g/mol. The Bertz CT molecular complexity index is 1250. The fourth-order valence-electron chi connectivity index (χ4n) is 6.56. The molecule has 2 aromatic carbocycles. The van der Waals surface area contributed by atoms with E-state index in [9.17, 15) is 30.7 Å². The van der Waals surface area contributed by atoms with Crippen LogP contribution in [0.25, 0.3) is 0 Å². The highest BCUT2D eigenvalue weighted by atomic mass is 19.4. The first-order valence-corrected chi connectivity index (χ1v) is 15.1. The zero-order valence-corrected chi connectivity index (χ0v) is 24.2. The first-order valence-electron chi connectivity index (χ1n) is 15.1. The highest BCUT2D eigenvalue weighted by Crippen LogP contribution is 2.45. The van der Waals surface area contributed by atoms with E-state index in [0.29, 0.717) is 48.3 Å². The molecule has 0 radical (unpaired) electrons. The molecule has 0 aromatic heterocycles. The molecule has 1 aliphatic heterocycles. The van der Waals surface area contributed by atoms with Gasteiger partial charge in [0.25, 0.3) is 0 Å². The van der Waals surface area contributed by atoms with Crippen LogP contribution < -0.4 is 9.47 Å². The lowest BCUT2D eigenvalue weighted by atomic mass is 9.76. The van der Waals surface area contributed by atoms with E-state index in [1.807, 2.05) is 0 Å². The molecule has 2 saturated carbocycles. The molecule has 3 aliphatic rings. The highest BCUT2D eigenvalue weighted by Gasteiger charge is 2.45. The summed E-state index contributed by atoms with van der Waals surface area (Å²) in [4.78, 5) is 0. The number of rotatable bonds is 8. The van der Waals surface area contributed by atoms with Gasteiger partial charge in [-0.2, -0.15) is 26.3 Å². The van der Waals surface area contributed by atoms with Gasteiger partial charge in [-0.1, -0.05) is 31.9 Å². The van der Waals surface area contributed by atoms with Gasteiger partial charge in [-0.3, -0.25) is 0 Å². The number of alkyl halides is 6. The third-order valence-corrected chi connectivity index (χ3v) is 9.23. The molecule has 44 heavy (non-hydrogen) atoms. The average molecular weight is 637 g/mol. The van der Waals surface area contributed by atoms with Gasteiger partial charge in [-0.05, 0) is 80.0 Å². The van der Waals surface area contributed by atoms with Crippen molar-refractivity contribution < 1.29 is 54.1 Å². The highest BCUT2D eigenvalue weighted by molar-refractivity contribution is 5.33.